The zero-order valence-corrected chi connectivity index (χ0v) is 21.7. The number of likely N-dealkylation sites (tertiary alicyclic amines) is 1. The lowest BCUT2D eigenvalue weighted by atomic mass is 9.69. The number of hydrogen-bond donors (Lipinski definition) is 1. The maximum atomic E-state index is 13.6. The third-order valence-corrected chi connectivity index (χ3v) is 8.40. The number of H-pyrrole nitrogens is 1. The predicted octanol–water partition coefficient (Wildman–Crippen LogP) is 4.85. The first-order valence-corrected chi connectivity index (χ1v) is 13.5. The van der Waals surface area contributed by atoms with Gasteiger partial charge in [0, 0.05) is 18.2 Å². The van der Waals surface area contributed by atoms with Gasteiger partial charge in [0.2, 0.25) is 0 Å². The van der Waals surface area contributed by atoms with E-state index in [1.807, 2.05) is 24.3 Å². The topological polar surface area (TPSA) is 88.9 Å². The monoisotopic (exact) mass is 516 g/mol. The molecule has 1 aliphatic heterocycles. The third-order valence-electron chi connectivity index (χ3n) is 8.40. The van der Waals surface area contributed by atoms with E-state index in [9.17, 15) is 9.18 Å². The number of hydrogen-bond acceptors (Lipinski definition) is 6. The number of ether oxygens (including phenoxy) is 1. The van der Waals surface area contributed by atoms with E-state index in [-0.39, 0.29) is 16.8 Å². The normalized spacial score (nSPS) is 18.6. The second-order valence-corrected chi connectivity index (χ2v) is 10.9. The Morgan fingerprint density at radius 2 is 1.84 bits per heavy atom. The highest BCUT2D eigenvalue weighted by molar-refractivity contribution is 5.80. The SMILES string of the molecule is COc1ccc2cc([C@H](c3nnnn3Cc3ccc(F)cc3)N3CCCC4(CCCCC4)C3)c(=O)[nH]c2c1. The summed E-state index contributed by atoms with van der Waals surface area (Å²) in [6, 6.07) is 13.6. The number of methoxy groups -OCH3 is 1. The molecule has 1 aliphatic carbocycles. The van der Waals surface area contributed by atoms with Crippen LogP contribution in [0.3, 0.4) is 0 Å². The van der Waals surface area contributed by atoms with E-state index >= 15 is 0 Å². The van der Waals surface area contributed by atoms with E-state index in [2.05, 4.69) is 25.4 Å². The van der Waals surface area contributed by atoms with Crippen LogP contribution < -0.4 is 10.3 Å². The van der Waals surface area contributed by atoms with Crippen molar-refractivity contribution in [2.75, 3.05) is 20.2 Å². The lowest BCUT2D eigenvalue weighted by molar-refractivity contribution is 0.0340. The number of aromatic nitrogens is 5. The van der Waals surface area contributed by atoms with Crippen LogP contribution in [0.5, 0.6) is 5.75 Å². The molecule has 0 unspecified atom stereocenters. The molecule has 0 amide bonds. The summed E-state index contributed by atoms with van der Waals surface area (Å²) in [6.45, 7) is 2.18. The van der Waals surface area contributed by atoms with E-state index in [1.165, 1.54) is 50.7 Å². The first-order valence-electron chi connectivity index (χ1n) is 13.5. The van der Waals surface area contributed by atoms with Gasteiger partial charge in [-0.2, -0.15) is 0 Å². The molecule has 1 spiro atoms. The highest BCUT2D eigenvalue weighted by Gasteiger charge is 2.41. The number of pyridine rings is 1. The minimum atomic E-state index is -0.403. The van der Waals surface area contributed by atoms with Gasteiger partial charge in [0.1, 0.15) is 17.6 Å². The summed E-state index contributed by atoms with van der Waals surface area (Å²) in [5.41, 5.74) is 2.37. The van der Waals surface area contributed by atoms with Crippen LogP contribution in [0.2, 0.25) is 0 Å². The van der Waals surface area contributed by atoms with E-state index in [0.29, 0.717) is 23.7 Å². The van der Waals surface area contributed by atoms with Crippen LogP contribution in [-0.4, -0.2) is 50.3 Å². The molecule has 38 heavy (non-hydrogen) atoms. The number of benzene rings is 2. The number of nitrogens with zero attached hydrogens (tertiary/aromatic N) is 5. The van der Waals surface area contributed by atoms with Gasteiger partial charge in [-0.05, 0) is 89.4 Å². The molecule has 6 rings (SSSR count). The molecular weight excluding hydrogens is 483 g/mol. The van der Waals surface area contributed by atoms with Crippen molar-refractivity contribution in [3.63, 3.8) is 0 Å². The molecule has 2 fully saturated rings. The molecule has 2 aromatic carbocycles. The number of rotatable bonds is 6. The molecule has 4 aromatic rings. The summed E-state index contributed by atoms with van der Waals surface area (Å²) in [5, 5.41) is 13.7. The van der Waals surface area contributed by atoms with Crippen molar-refractivity contribution in [2.45, 2.75) is 57.5 Å². The Labute approximate surface area is 220 Å². The van der Waals surface area contributed by atoms with Crippen LogP contribution in [-0.2, 0) is 6.54 Å². The van der Waals surface area contributed by atoms with Gasteiger partial charge >= 0.3 is 0 Å². The fraction of sp³-hybridized carbons (Fsp3) is 0.448. The molecule has 1 saturated carbocycles. The number of fused-ring (bicyclic) bond motifs is 1. The molecule has 1 N–H and O–H groups in total. The largest absolute Gasteiger partial charge is 0.497 e. The highest BCUT2D eigenvalue weighted by atomic mass is 19.1. The fourth-order valence-corrected chi connectivity index (χ4v) is 6.49. The molecule has 3 heterocycles. The molecule has 8 nitrogen and oxygen atoms in total. The van der Waals surface area contributed by atoms with Crippen molar-refractivity contribution in [3.8, 4) is 5.75 Å². The maximum absolute atomic E-state index is 13.6. The molecule has 2 aromatic heterocycles. The molecule has 0 radical (unpaired) electrons. The first-order chi connectivity index (χ1) is 18.5. The van der Waals surface area contributed by atoms with Crippen LogP contribution in [0, 0.1) is 11.2 Å². The van der Waals surface area contributed by atoms with Crippen molar-refractivity contribution < 1.29 is 9.13 Å². The molecule has 9 heteroatoms. The van der Waals surface area contributed by atoms with E-state index in [4.69, 9.17) is 4.74 Å². The number of nitrogens with one attached hydrogen (secondary N) is 1. The Morgan fingerprint density at radius 3 is 2.63 bits per heavy atom. The minimum Gasteiger partial charge on any atom is -0.497 e. The molecule has 198 valence electrons. The molecule has 1 atom stereocenters. The summed E-state index contributed by atoms with van der Waals surface area (Å²) in [6.07, 6.45) is 8.59. The van der Waals surface area contributed by atoms with Gasteiger partial charge < -0.3 is 9.72 Å². The lowest BCUT2D eigenvalue weighted by Gasteiger charge is -2.47. The summed E-state index contributed by atoms with van der Waals surface area (Å²) in [7, 11) is 1.61. The zero-order chi connectivity index (χ0) is 26.1. The maximum Gasteiger partial charge on any atom is 0.253 e. The van der Waals surface area contributed by atoms with Crippen LogP contribution in [0.4, 0.5) is 4.39 Å². The predicted molar refractivity (Wildman–Crippen MR) is 143 cm³/mol. The van der Waals surface area contributed by atoms with E-state index < -0.39 is 6.04 Å². The summed E-state index contributed by atoms with van der Waals surface area (Å²) < 4.78 is 20.6. The number of aromatic amines is 1. The van der Waals surface area contributed by atoms with Gasteiger partial charge in [0.05, 0.1) is 19.2 Å². The summed E-state index contributed by atoms with van der Waals surface area (Å²) >= 11 is 0. The second kappa shape index (κ2) is 10.3. The van der Waals surface area contributed by atoms with Crippen LogP contribution in [0.1, 0.15) is 67.9 Å². The Bertz CT molecular complexity index is 1470. The molecule has 1 saturated heterocycles. The second-order valence-electron chi connectivity index (χ2n) is 10.9. The van der Waals surface area contributed by atoms with Crippen LogP contribution in [0.15, 0.2) is 53.3 Å². The quantitative estimate of drug-likeness (QED) is 0.394. The standard InChI is InChI=1S/C29H33FN6O2/c1-38-23-11-8-21-16-24(28(37)31-25(21)17-23)26(35-15-5-14-29(19-35)12-3-2-4-13-29)27-32-33-34-36(27)18-20-6-9-22(30)10-7-20/h6-11,16-17,26H,2-5,12-15,18-19H2,1H3,(H,31,37)/t26-/m1/s1. The van der Waals surface area contributed by atoms with Gasteiger partial charge in [-0.1, -0.05) is 31.4 Å². The average molecular weight is 517 g/mol. The molecule has 2 aliphatic rings. The Balaban J connectivity index is 1.44. The van der Waals surface area contributed by atoms with Crippen molar-refractivity contribution in [1.29, 1.82) is 0 Å². The molecular formula is C29H33FN6O2. The first kappa shape index (κ1) is 24.7. The summed E-state index contributed by atoms with van der Waals surface area (Å²) in [4.78, 5) is 19.1. The van der Waals surface area contributed by atoms with Crippen LogP contribution >= 0.6 is 0 Å². The summed E-state index contributed by atoms with van der Waals surface area (Å²) in [5.74, 6) is 1.03. The third kappa shape index (κ3) is 4.82. The van der Waals surface area contributed by atoms with Crippen molar-refractivity contribution >= 4 is 10.9 Å². The van der Waals surface area contributed by atoms with Crippen LogP contribution in [0.25, 0.3) is 10.9 Å². The Kier molecular flexibility index (Phi) is 6.69. The van der Waals surface area contributed by atoms with Crippen molar-refractivity contribution in [3.05, 3.63) is 81.7 Å². The fourth-order valence-electron chi connectivity index (χ4n) is 6.49. The molecule has 0 bridgehead atoms. The van der Waals surface area contributed by atoms with Gasteiger partial charge in [0.25, 0.3) is 5.56 Å². The minimum absolute atomic E-state index is 0.157. The van der Waals surface area contributed by atoms with Crippen molar-refractivity contribution in [2.24, 2.45) is 5.41 Å². The van der Waals surface area contributed by atoms with Crippen molar-refractivity contribution in [1.82, 2.24) is 30.1 Å². The lowest BCUT2D eigenvalue weighted by Crippen LogP contribution is -2.47. The zero-order valence-electron chi connectivity index (χ0n) is 21.7. The van der Waals surface area contributed by atoms with E-state index in [1.54, 1.807) is 23.9 Å². The number of tetrazole rings is 1. The smallest absolute Gasteiger partial charge is 0.253 e. The Hall–Kier alpha value is -3.59. The number of halogens is 1. The van der Waals surface area contributed by atoms with Gasteiger partial charge in [-0.15, -0.1) is 5.10 Å². The van der Waals surface area contributed by atoms with Gasteiger partial charge in [0.15, 0.2) is 5.82 Å². The average Bonchev–Trinajstić information content (AvgIpc) is 3.38. The van der Waals surface area contributed by atoms with E-state index in [0.717, 1.165) is 36.0 Å². The highest BCUT2D eigenvalue weighted by Crippen LogP contribution is 2.45. The number of piperidine rings is 1. The van der Waals surface area contributed by atoms with Gasteiger partial charge in [-0.25, -0.2) is 9.07 Å². The Morgan fingerprint density at radius 1 is 1.05 bits per heavy atom. The van der Waals surface area contributed by atoms with Gasteiger partial charge in [-0.3, -0.25) is 9.69 Å².